The molecule has 0 bridgehead atoms. The third kappa shape index (κ3) is 4.72. The zero-order valence-electron chi connectivity index (χ0n) is 14.4. The number of rotatable bonds is 8. The molecule has 0 amide bonds. The van der Waals surface area contributed by atoms with Gasteiger partial charge in [0.2, 0.25) is 0 Å². The first-order valence-corrected chi connectivity index (χ1v) is 8.51. The molecule has 0 N–H and O–H groups in total. The fourth-order valence-electron chi connectivity index (χ4n) is 2.94. The summed E-state index contributed by atoms with van der Waals surface area (Å²) in [6, 6.07) is 8.14. The van der Waals surface area contributed by atoms with Crippen LogP contribution in [-0.4, -0.2) is 16.6 Å². The second-order valence-corrected chi connectivity index (χ2v) is 6.01. The third-order valence-corrected chi connectivity index (χ3v) is 4.10. The van der Waals surface area contributed by atoms with Crippen molar-refractivity contribution >= 4 is 16.9 Å². The number of carbonyl (C=O) groups is 1. The van der Waals surface area contributed by atoms with Gasteiger partial charge in [0, 0.05) is 24.1 Å². The summed E-state index contributed by atoms with van der Waals surface area (Å²) in [5.74, 6) is -0.152. The predicted octanol–water partition coefficient (Wildman–Crippen LogP) is 4.79. The predicted molar refractivity (Wildman–Crippen MR) is 95.5 cm³/mol. The summed E-state index contributed by atoms with van der Waals surface area (Å²) in [7, 11) is 2.00. The van der Waals surface area contributed by atoms with Gasteiger partial charge in [0.1, 0.15) is 6.10 Å². The van der Waals surface area contributed by atoms with Gasteiger partial charge < -0.3 is 9.30 Å². The lowest BCUT2D eigenvalue weighted by atomic mass is 10.1. The Kier molecular flexibility index (Phi) is 6.45. The number of nitrogens with zero attached hydrogens (tertiary/aromatic N) is 1. The number of para-hydroxylation sites is 1. The smallest absolute Gasteiger partial charge is 0.310 e. The lowest BCUT2D eigenvalue weighted by Gasteiger charge is -2.14. The van der Waals surface area contributed by atoms with Crippen LogP contribution in [-0.2, 0) is 23.0 Å². The highest BCUT2D eigenvalue weighted by Gasteiger charge is 2.15. The third-order valence-electron chi connectivity index (χ3n) is 4.10. The van der Waals surface area contributed by atoms with Gasteiger partial charge in [-0.15, -0.1) is 0 Å². The molecule has 1 aromatic carbocycles. The SMILES string of the molecule is C/C=C/C(CCCCC)OC(=O)Cc1cn(C)c2ccccc12. The molecule has 0 fully saturated rings. The first kappa shape index (κ1) is 17.3. The van der Waals surface area contributed by atoms with E-state index in [1.807, 2.05) is 44.5 Å². The van der Waals surface area contributed by atoms with Gasteiger partial charge in [-0.25, -0.2) is 0 Å². The number of fused-ring (bicyclic) bond motifs is 1. The molecule has 2 aromatic rings. The Labute approximate surface area is 138 Å². The molecule has 23 heavy (non-hydrogen) atoms. The van der Waals surface area contributed by atoms with Crippen LogP contribution < -0.4 is 0 Å². The van der Waals surface area contributed by atoms with Gasteiger partial charge in [-0.3, -0.25) is 4.79 Å². The number of hydrogen-bond acceptors (Lipinski definition) is 2. The van der Waals surface area contributed by atoms with Gasteiger partial charge in [-0.05, 0) is 37.5 Å². The standard InChI is InChI=1S/C20H27NO2/c1-4-6-7-11-17(10-5-2)23-20(22)14-16-15-21(3)19-13-9-8-12-18(16)19/h5,8-10,12-13,15,17H,4,6-7,11,14H2,1-3H3/b10-5+. The monoisotopic (exact) mass is 313 g/mol. The Balaban J connectivity index is 2.02. The Morgan fingerprint density at radius 2 is 2.09 bits per heavy atom. The molecular weight excluding hydrogens is 286 g/mol. The van der Waals surface area contributed by atoms with Crippen LogP contribution >= 0.6 is 0 Å². The number of unbranched alkanes of at least 4 members (excludes halogenated alkanes) is 2. The number of allylic oxidation sites excluding steroid dienone is 1. The molecule has 124 valence electrons. The quantitative estimate of drug-likeness (QED) is 0.398. The minimum atomic E-state index is -0.152. The van der Waals surface area contributed by atoms with Crippen LogP contribution in [0.3, 0.4) is 0 Å². The van der Waals surface area contributed by atoms with E-state index in [0.29, 0.717) is 6.42 Å². The first-order chi connectivity index (χ1) is 11.2. The molecule has 2 rings (SSSR count). The number of esters is 1. The van der Waals surface area contributed by atoms with Crippen LogP contribution in [0.25, 0.3) is 10.9 Å². The maximum Gasteiger partial charge on any atom is 0.310 e. The molecule has 3 heteroatoms. The van der Waals surface area contributed by atoms with Crippen LogP contribution in [0.5, 0.6) is 0 Å². The van der Waals surface area contributed by atoms with Crippen molar-refractivity contribution in [2.45, 2.75) is 52.1 Å². The summed E-state index contributed by atoms with van der Waals surface area (Å²) in [5, 5.41) is 1.13. The summed E-state index contributed by atoms with van der Waals surface area (Å²) in [5.41, 5.74) is 2.17. The molecule has 0 saturated carbocycles. The molecule has 0 aliphatic rings. The zero-order valence-corrected chi connectivity index (χ0v) is 14.4. The molecule has 3 nitrogen and oxygen atoms in total. The van der Waals surface area contributed by atoms with E-state index in [-0.39, 0.29) is 12.1 Å². The van der Waals surface area contributed by atoms with Gasteiger partial charge in [-0.1, -0.05) is 44.0 Å². The van der Waals surface area contributed by atoms with Crippen molar-refractivity contribution in [3.05, 3.63) is 48.2 Å². The van der Waals surface area contributed by atoms with Crippen molar-refractivity contribution in [1.82, 2.24) is 4.57 Å². The molecule has 0 aliphatic heterocycles. The lowest BCUT2D eigenvalue weighted by molar-refractivity contribution is -0.146. The maximum atomic E-state index is 12.3. The number of aryl methyl sites for hydroxylation is 1. The average Bonchev–Trinajstić information content (AvgIpc) is 2.84. The van der Waals surface area contributed by atoms with Crippen molar-refractivity contribution in [1.29, 1.82) is 0 Å². The molecule has 0 aliphatic carbocycles. The van der Waals surface area contributed by atoms with Gasteiger partial charge >= 0.3 is 5.97 Å². The fraction of sp³-hybridized carbons (Fsp3) is 0.450. The summed E-state index contributed by atoms with van der Waals surface area (Å²) < 4.78 is 7.72. The molecule has 1 aromatic heterocycles. The van der Waals surface area contributed by atoms with Gasteiger partial charge in [-0.2, -0.15) is 0 Å². The fourth-order valence-corrected chi connectivity index (χ4v) is 2.94. The highest BCUT2D eigenvalue weighted by molar-refractivity contribution is 5.87. The highest BCUT2D eigenvalue weighted by atomic mass is 16.5. The summed E-state index contributed by atoms with van der Waals surface area (Å²) in [6.07, 6.45) is 10.5. The summed E-state index contributed by atoms with van der Waals surface area (Å²) >= 11 is 0. The Bertz CT molecular complexity index is 669. The number of ether oxygens (including phenoxy) is 1. The zero-order chi connectivity index (χ0) is 16.7. The van der Waals surface area contributed by atoms with Crippen molar-refractivity contribution in [2.24, 2.45) is 7.05 Å². The summed E-state index contributed by atoms with van der Waals surface area (Å²) in [4.78, 5) is 12.3. The Morgan fingerprint density at radius 3 is 2.83 bits per heavy atom. The van der Waals surface area contributed by atoms with E-state index in [0.717, 1.165) is 29.3 Å². The lowest BCUT2D eigenvalue weighted by Crippen LogP contribution is -2.17. The molecule has 1 heterocycles. The van der Waals surface area contributed by atoms with Crippen LogP contribution in [0.2, 0.25) is 0 Å². The average molecular weight is 313 g/mol. The summed E-state index contributed by atoms with van der Waals surface area (Å²) in [6.45, 7) is 4.14. The van der Waals surface area contributed by atoms with E-state index in [1.165, 1.54) is 12.8 Å². The molecule has 1 atom stereocenters. The maximum absolute atomic E-state index is 12.3. The van der Waals surface area contributed by atoms with Gasteiger partial charge in [0.05, 0.1) is 6.42 Å². The second kappa shape index (κ2) is 8.56. The van der Waals surface area contributed by atoms with Gasteiger partial charge in [0.15, 0.2) is 0 Å². The Hall–Kier alpha value is -2.03. The van der Waals surface area contributed by atoms with E-state index in [9.17, 15) is 4.79 Å². The number of aromatic nitrogens is 1. The van der Waals surface area contributed by atoms with E-state index >= 15 is 0 Å². The van der Waals surface area contributed by atoms with Crippen LogP contribution in [0.15, 0.2) is 42.6 Å². The van der Waals surface area contributed by atoms with Crippen LogP contribution in [0.1, 0.15) is 45.1 Å². The van der Waals surface area contributed by atoms with E-state index in [2.05, 4.69) is 23.6 Å². The van der Waals surface area contributed by atoms with Crippen LogP contribution in [0, 0.1) is 0 Å². The van der Waals surface area contributed by atoms with E-state index in [1.54, 1.807) is 0 Å². The molecule has 0 radical (unpaired) electrons. The number of hydrogen-bond donors (Lipinski definition) is 0. The van der Waals surface area contributed by atoms with E-state index in [4.69, 9.17) is 4.74 Å². The van der Waals surface area contributed by atoms with Crippen molar-refractivity contribution < 1.29 is 9.53 Å². The minimum Gasteiger partial charge on any atom is -0.458 e. The minimum absolute atomic E-state index is 0.103. The van der Waals surface area contributed by atoms with Crippen molar-refractivity contribution in [3.8, 4) is 0 Å². The molecule has 1 unspecified atom stereocenters. The Morgan fingerprint density at radius 1 is 1.30 bits per heavy atom. The second-order valence-electron chi connectivity index (χ2n) is 6.01. The van der Waals surface area contributed by atoms with E-state index < -0.39 is 0 Å². The molecule has 0 spiro atoms. The van der Waals surface area contributed by atoms with Crippen molar-refractivity contribution in [3.63, 3.8) is 0 Å². The normalized spacial score (nSPS) is 12.8. The van der Waals surface area contributed by atoms with Crippen LogP contribution in [0.4, 0.5) is 0 Å². The molecule has 0 saturated heterocycles. The largest absolute Gasteiger partial charge is 0.458 e. The first-order valence-electron chi connectivity index (χ1n) is 8.51. The highest BCUT2D eigenvalue weighted by Crippen LogP contribution is 2.21. The topological polar surface area (TPSA) is 31.2 Å². The number of carbonyl (C=O) groups excluding carboxylic acids is 1. The van der Waals surface area contributed by atoms with Crippen molar-refractivity contribution in [2.75, 3.05) is 0 Å². The van der Waals surface area contributed by atoms with Gasteiger partial charge in [0.25, 0.3) is 0 Å². The number of benzene rings is 1. The molecular formula is C20H27NO2.